The smallest absolute Gasteiger partial charge is 0.356 e. The van der Waals surface area contributed by atoms with E-state index in [0.29, 0.717) is 5.82 Å². The number of aromatic nitrogens is 2. The van der Waals surface area contributed by atoms with Crippen LogP contribution in [0, 0.1) is 5.92 Å². The Morgan fingerprint density at radius 2 is 1.94 bits per heavy atom. The third-order valence-electron chi connectivity index (χ3n) is 3.25. The second kappa shape index (κ2) is 4.62. The molecule has 1 aromatic heterocycles. The highest BCUT2D eigenvalue weighted by atomic mass is 19.4. The van der Waals surface area contributed by atoms with Crippen LogP contribution in [0.15, 0.2) is 17.2 Å². The highest BCUT2D eigenvalue weighted by Crippen LogP contribution is 2.34. The lowest BCUT2D eigenvalue weighted by atomic mass is 9.96. The molecule has 7 heteroatoms. The van der Waals surface area contributed by atoms with Crippen LogP contribution in [0.25, 0.3) is 0 Å². The fourth-order valence-electron chi connectivity index (χ4n) is 2.06. The Labute approximate surface area is 102 Å². The lowest BCUT2D eigenvalue weighted by Gasteiger charge is -2.33. The van der Waals surface area contributed by atoms with Crippen molar-refractivity contribution >= 4 is 5.82 Å². The van der Waals surface area contributed by atoms with Gasteiger partial charge in [-0.2, -0.15) is 13.2 Å². The average molecular weight is 261 g/mol. The van der Waals surface area contributed by atoms with Crippen molar-refractivity contribution in [3.63, 3.8) is 0 Å². The van der Waals surface area contributed by atoms with Gasteiger partial charge in [0.25, 0.3) is 5.56 Å². The Bertz CT molecular complexity index is 475. The first-order valence-corrected chi connectivity index (χ1v) is 5.72. The maximum absolute atomic E-state index is 12.5. The van der Waals surface area contributed by atoms with Gasteiger partial charge >= 0.3 is 6.18 Å². The van der Waals surface area contributed by atoms with Gasteiger partial charge in [0, 0.05) is 26.2 Å². The van der Waals surface area contributed by atoms with Crippen molar-refractivity contribution in [3.05, 3.63) is 22.7 Å². The molecule has 0 atom stereocenters. The summed E-state index contributed by atoms with van der Waals surface area (Å²) in [7, 11) is 1.58. The molecule has 4 nitrogen and oxygen atoms in total. The Kier molecular flexibility index (Phi) is 3.32. The minimum atomic E-state index is -4.12. The number of nitrogens with zero attached hydrogens (tertiary/aromatic N) is 3. The molecule has 100 valence electrons. The summed E-state index contributed by atoms with van der Waals surface area (Å²) in [5, 5.41) is 0. The molecule has 1 aromatic rings. The molecule has 0 saturated carbocycles. The van der Waals surface area contributed by atoms with Crippen LogP contribution in [-0.2, 0) is 7.05 Å². The summed E-state index contributed by atoms with van der Waals surface area (Å²) >= 11 is 0. The van der Waals surface area contributed by atoms with Gasteiger partial charge in [-0.1, -0.05) is 0 Å². The molecule has 0 bridgehead atoms. The van der Waals surface area contributed by atoms with Gasteiger partial charge in [0.05, 0.1) is 12.2 Å². The molecule has 2 rings (SSSR count). The number of aryl methyl sites for hydroxylation is 1. The number of halogens is 3. The molecular formula is C11H14F3N3O. The number of rotatable bonds is 1. The fourth-order valence-corrected chi connectivity index (χ4v) is 2.06. The van der Waals surface area contributed by atoms with E-state index in [0.717, 1.165) is 0 Å². The lowest BCUT2D eigenvalue weighted by molar-refractivity contribution is -0.179. The van der Waals surface area contributed by atoms with Gasteiger partial charge in [-0.15, -0.1) is 0 Å². The largest absolute Gasteiger partial charge is 0.391 e. The van der Waals surface area contributed by atoms with Gasteiger partial charge < -0.3 is 9.47 Å². The summed E-state index contributed by atoms with van der Waals surface area (Å²) in [6.45, 7) is 0.564. The van der Waals surface area contributed by atoms with Crippen LogP contribution in [0.5, 0.6) is 0 Å². The van der Waals surface area contributed by atoms with Crippen LogP contribution in [-0.4, -0.2) is 28.8 Å². The predicted octanol–water partition coefficient (Wildman–Crippen LogP) is 1.56. The molecule has 0 N–H and O–H groups in total. The van der Waals surface area contributed by atoms with E-state index in [2.05, 4.69) is 4.98 Å². The molecule has 2 heterocycles. The van der Waals surface area contributed by atoms with Gasteiger partial charge in [-0.25, -0.2) is 4.98 Å². The monoisotopic (exact) mass is 261 g/mol. The van der Waals surface area contributed by atoms with Crippen LogP contribution in [0.4, 0.5) is 19.0 Å². The summed E-state index contributed by atoms with van der Waals surface area (Å²) in [6.07, 6.45) is -2.62. The highest BCUT2D eigenvalue weighted by Gasteiger charge is 2.41. The third kappa shape index (κ3) is 2.65. The first-order chi connectivity index (χ1) is 8.38. The molecule has 1 aliphatic rings. The molecular weight excluding hydrogens is 247 g/mol. The van der Waals surface area contributed by atoms with E-state index in [1.807, 2.05) is 0 Å². The van der Waals surface area contributed by atoms with E-state index in [1.165, 1.54) is 17.0 Å². The van der Waals surface area contributed by atoms with Gasteiger partial charge in [0.2, 0.25) is 0 Å². The minimum Gasteiger partial charge on any atom is -0.356 e. The van der Waals surface area contributed by atoms with Crippen LogP contribution in [0.3, 0.4) is 0 Å². The Hall–Kier alpha value is -1.53. The molecule has 0 radical (unpaired) electrons. The van der Waals surface area contributed by atoms with E-state index in [9.17, 15) is 18.0 Å². The quantitative estimate of drug-likeness (QED) is 0.770. The van der Waals surface area contributed by atoms with Gasteiger partial charge in [0.15, 0.2) is 0 Å². The molecule has 0 aliphatic carbocycles. The van der Waals surface area contributed by atoms with Crippen molar-refractivity contribution in [2.24, 2.45) is 13.0 Å². The summed E-state index contributed by atoms with van der Waals surface area (Å²) < 4.78 is 38.8. The number of hydrogen-bond donors (Lipinski definition) is 0. The maximum Gasteiger partial charge on any atom is 0.391 e. The summed E-state index contributed by atoms with van der Waals surface area (Å²) in [4.78, 5) is 17.2. The average Bonchev–Trinajstić information content (AvgIpc) is 2.32. The molecule has 0 spiro atoms. The van der Waals surface area contributed by atoms with E-state index in [4.69, 9.17) is 0 Å². The molecule has 18 heavy (non-hydrogen) atoms. The zero-order valence-corrected chi connectivity index (χ0v) is 9.94. The van der Waals surface area contributed by atoms with E-state index in [-0.39, 0.29) is 31.5 Å². The number of hydrogen-bond acceptors (Lipinski definition) is 3. The summed E-state index contributed by atoms with van der Waals surface area (Å²) in [5.74, 6) is -0.779. The van der Waals surface area contributed by atoms with E-state index >= 15 is 0 Å². The number of anilines is 1. The van der Waals surface area contributed by atoms with Crippen molar-refractivity contribution in [1.29, 1.82) is 0 Å². The fraction of sp³-hybridized carbons (Fsp3) is 0.636. The lowest BCUT2D eigenvalue weighted by Crippen LogP contribution is -2.40. The first-order valence-electron chi connectivity index (χ1n) is 5.72. The molecule has 1 fully saturated rings. The summed E-state index contributed by atoms with van der Waals surface area (Å²) in [5.41, 5.74) is -0.210. The summed E-state index contributed by atoms with van der Waals surface area (Å²) in [6, 6.07) is 1.36. The number of alkyl halides is 3. The van der Waals surface area contributed by atoms with Gasteiger partial charge in [-0.3, -0.25) is 4.79 Å². The van der Waals surface area contributed by atoms with Crippen molar-refractivity contribution in [3.8, 4) is 0 Å². The Balaban J connectivity index is 2.06. The van der Waals surface area contributed by atoms with Crippen LogP contribution in [0.2, 0.25) is 0 Å². The number of piperidine rings is 1. The molecule has 0 amide bonds. The molecule has 1 aliphatic heterocycles. The SMILES string of the molecule is Cn1cnc(N2CCC(C(F)(F)F)CC2)cc1=O. The first kappa shape index (κ1) is 12.9. The molecule has 0 unspecified atom stereocenters. The normalized spacial score (nSPS) is 18.1. The maximum atomic E-state index is 12.5. The second-order valence-corrected chi connectivity index (χ2v) is 4.50. The van der Waals surface area contributed by atoms with Crippen molar-refractivity contribution < 1.29 is 13.2 Å². The predicted molar refractivity (Wildman–Crippen MR) is 60.5 cm³/mol. The Morgan fingerprint density at radius 3 is 2.44 bits per heavy atom. The Morgan fingerprint density at radius 1 is 1.33 bits per heavy atom. The van der Waals surface area contributed by atoms with Crippen LogP contribution in [0.1, 0.15) is 12.8 Å². The molecule has 1 saturated heterocycles. The van der Waals surface area contributed by atoms with Crippen LogP contribution < -0.4 is 10.5 Å². The van der Waals surface area contributed by atoms with E-state index < -0.39 is 12.1 Å². The van der Waals surface area contributed by atoms with Crippen molar-refractivity contribution in [2.45, 2.75) is 19.0 Å². The highest BCUT2D eigenvalue weighted by molar-refractivity contribution is 5.37. The zero-order chi connectivity index (χ0) is 13.3. The minimum absolute atomic E-state index is 0.0559. The zero-order valence-electron chi connectivity index (χ0n) is 9.94. The topological polar surface area (TPSA) is 38.1 Å². The van der Waals surface area contributed by atoms with Crippen LogP contribution >= 0.6 is 0 Å². The van der Waals surface area contributed by atoms with Crippen molar-refractivity contribution in [2.75, 3.05) is 18.0 Å². The molecule has 0 aromatic carbocycles. The van der Waals surface area contributed by atoms with Crippen molar-refractivity contribution in [1.82, 2.24) is 9.55 Å². The van der Waals surface area contributed by atoms with E-state index in [1.54, 1.807) is 11.9 Å². The third-order valence-corrected chi connectivity index (χ3v) is 3.25. The second-order valence-electron chi connectivity index (χ2n) is 4.50. The standard InChI is InChI=1S/C11H14F3N3O/c1-16-7-15-9(6-10(16)18)17-4-2-8(3-5-17)11(12,13)14/h6-8H,2-5H2,1H3. The van der Waals surface area contributed by atoms with Gasteiger partial charge in [0.1, 0.15) is 5.82 Å². The van der Waals surface area contributed by atoms with Gasteiger partial charge in [-0.05, 0) is 12.8 Å².